The minimum atomic E-state index is 0.0810. The van der Waals surface area contributed by atoms with Crippen LogP contribution in [0, 0.1) is 5.92 Å². The van der Waals surface area contributed by atoms with Crippen molar-refractivity contribution in [1.82, 2.24) is 15.5 Å². The summed E-state index contributed by atoms with van der Waals surface area (Å²) >= 11 is 1.62. The molecule has 1 fully saturated rings. The van der Waals surface area contributed by atoms with Crippen LogP contribution >= 0.6 is 11.3 Å². The number of carbonyl (C=O) groups excluding carboxylic acids is 1. The van der Waals surface area contributed by atoms with Gasteiger partial charge in [-0.3, -0.25) is 9.89 Å². The number of aromatic nitrogens is 2. The maximum atomic E-state index is 12.8. The number of aromatic amines is 1. The molecule has 0 saturated carbocycles. The highest BCUT2D eigenvalue weighted by atomic mass is 32.1. The fourth-order valence-electron chi connectivity index (χ4n) is 4.53. The molecule has 2 N–H and O–H groups in total. The number of carbonyl (C=O) groups is 1. The Balaban J connectivity index is 1.61. The summed E-state index contributed by atoms with van der Waals surface area (Å²) in [5.74, 6) is 0.667. The lowest BCUT2D eigenvalue weighted by molar-refractivity contribution is 0.0571. The van der Waals surface area contributed by atoms with Crippen molar-refractivity contribution in [3.8, 4) is 10.4 Å². The number of thiophene rings is 1. The first kappa shape index (κ1) is 15.4. The lowest BCUT2D eigenvalue weighted by Gasteiger charge is -2.41. The Morgan fingerprint density at radius 1 is 1.28 bits per heavy atom. The van der Waals surface area contributed by atoms with Gasteiger partial charge in [0.25, 0.3) is 5.91 Å². The molecule has 5 heterocycles. The van der Waals surface area contributed by atoms with Gasteiger partial charge in [0.1, 0.15) is 4.88 Å². The average molecular weight is 358 g/mol. The maximum absolute atomic E-state index is 12.8. The van der Waals surface area contributed by atoms with E-state index < -0.39 is 0 Å². The van der Waals surface area contributed by atoms with Gasteiger partial charge in [-0.2, -0.15) is 5.10 Å². The summed E-state index contributed by atoms with van der Waals surface area (Å²) in [6.07, 6.45) is 8.13. The SMILES string of the molecule is O=C1NC[C@H](C2CCOCC2)N2CCCc3c(-c4cn[nH]c4)sc1c32. The first-order chi connectivity index (χ1) is 12.3. The number of amides is 1. The molecule has 0 aliphatic carbocycles. The molecule has 0 radical (unpaired) electrons. The van der Waals surface area contributed by atoms with Gasteiger partial charge in [0.15, 0.2) is 0 Å². The second-order valence-electron chi connectivity index (χ2n) is 7.10. The Labute approximate surface area is 150 Å². The van der Waals surface area contributed by atoms with E-state index in [1.54, 1.807) is 11.3 Å². The fraction of sp³-hybridized carbons (Fsp3) is 0.556. The Hall–Kier alpha value is -1.86. The highest BCUT2D eigenvalue weighted by Gasteiger charge is 2.39. The van der Waals surface area contributed by atoms with E-state index in [9.17, 15) is 4.79 Å². The van der Waals surface area contributed by atoms with Crippen molar-refractivity contribution in [2.75, 3.05) is 31.2 Å². The molecule has 3 aliphatic rings. The molecule has 0 aromatic carbocycles. The molecule has 2 aromatic heterocycles. The first-order valence-corrected chi connectivity index (χ1v) is 9.92. The molecule has 1 atom stereocenters. The van der Waals surface area contributed by atoms with E-state index in [-0.39, 0.29) is 5.91 Å². The molecule has 6 nitrogen and oxygen atoms in total. The van der Waals surface area contributed by atoms with E-state index in [0.717, 1.165) is 62.4 Å². The predicted molar refractivity (Wildman–Crippen MR) is 97.2 cm³/mol. The molecule has 1 amide bonds. The summed E-state index contributed by atoms with van der Waals surface area (Å²) in [6.45, 7) is 3.46. The van der Waals surface area contributed by atoms with Gasteiger partial charge in [0, 0.05) is 49.0 Å². The summed E-state index contributed by atoms with van der Waals surface area (Å²) in [7, 11) is 0. The van der Waals surface area contributed by atoms with E-state index in [0.29, 0.717) is 12.0 Å². The third kappa shape index (κ3) is 2.48. The number of rotatable bonds is 2. The largest absolute Gasteiger partial charge is 0.381 e. The van der Waals surface area contributed by atoms with E-state index >= 15 is 0 Å². The van der Waals surface area contributed by atoms with Gasteiger partial charge in [-0.25, -0.2) is 0 Å². The molecule has 2 aromatic rings. The second-order valence-corrected chi connectivity index (χ2v) is 8.12. The van der Waals surface area contributed by atoms with E-state index in [1.165, 1.54) is 16.1 Å². The minimum absolute atomic E-state index is 0.0810. The zero-order valence-corrected chi connectivity index (χ0v) is 14.9. The van der Waals surface area contributed by atoms with Crippen LogP contribution in [0.1, 0.15) is 34.5 Å². The van der Waals surface area contributed by atoms with Crippen LogP contribution in [0.4, 0.5) is 5.69 Å². The van der Waals surface area contributed by atoms with Crippen LogP contribution in [-0.2, 0) is 11.2 Å². The zero-order valence-electron chi connectivity index (χ0n) is 14.1. The van der Waals surface area contributed by atoms with Gasteiger partial charge < -0.3 is 15.0 Å². The number of hydrogen-bond donors (Lipinski definition) is 2. The highest BCUT2D eigenvalue weighted by molar-refractivity contribution is 7.18. The van der Waals surface area contributed by atoms with Crippen LogP contribution in [-0.4, -0.2) is 48.4 Å². The smallest absolute Gasteiger partial charge is 0.263 e. The number of hydrogen-bond acceptors (Lipinski definition) is 5. The molecular formula is C18H22N4O2S. The number of H-pyrrole nitrogens is 1. The van der Waals surface area contributed by atoms with Crippen molar-refractivity contribution in [2.24, 2.45) is 5.92 Å². The van der Waals surface area contributed by atoms with Crippen molar-refractivity contribution < 1.29 is 9.53 Å². The Bertz CT molecular complexity index is 779. The molecule has 25 heavy (non-hydrogen) atoms. The van der Waals surface area contributed by atoms with Gasteiger partial charge in [-0.15, -0.1) is 11.3 Å². The van der Waals surface area contributed by atoms with Crippen LogP contribution in [0.15, 0.2) is 12.4 Å². The Morgan fingerprint density at radius 3 is 2.96 bits per heavy atom. The normalized spacial score (nSPS) is 23.9. The lowest BCUT2D eigenvalue weighted by atomic mass is 9.88. The molecule has 5 rings (SSSR count). The quantitative estimate of drug-likeness (QED) is 0.865. The van der Waals surface area contributed by atoms with Crippen molar-refractivity contribution in [1.29, 1.82) is 0 Å². The molecule has 132 valence electrons. The Kier molecular flexibility index (Phi) is 3.78. The molecule has 0 spiro atoms. The Morgan fingerprint density at radius 2 is 2.16 bits per heavy atom. The topological polar surface area (TPSA) is 70.2 Å². The van der Waals surface area contributed by atoms with E-state index in [1.807, 2.05) is 12.4 Å². The summed E-state index contributed by atoms with van der Waals surface area (Å²) in [5, 5.41) is 10.2. The molecule has 1 saturated heterocycles. The van der Waals surface area contributed by atoms with Crippen LogP contribution in [0.2, 0.25) is 0 Å². The molecule has 7 heteroatoms. The molecular weight excluding hydrogens is 336 g/mol. The zero-order chi connectivity index (χ0) is 16.8. The summed E-state index contributed by atoms with van der Waals surface area (Å²) in [5.41, 5.74) is 3.62. The minimum Gasteiger partial charge on any atom is -0.381 e. The van der Waals surface area contributed by atoms with Crippen molar-refractivity contribution in [3.63, 3.8) is 0 Å². The van der Waals surface area contributed by atoms with Crippen LogP contribution in [0.25, 0.3) is 10.4 Å². The van der Waals surface area contributed by atoms with Gasteiger partial charge in [0.2, 0.25) is 0 Å². The van der Waals surface area contributed by atoms with Crippen molar-refractivity contribution >= 4 is 22.9 Å². The second kappa shape index (κ2) is 6.14. The standard InChI is InChI=1S/C18H22N4O2S/c23-18-17-15-13(16(25-17)12-8-20-21-9-12)2-1-5-22(15)14(10-19-18)11-3-6-24-7-4-11/h8-9,11,14H,1-7,10H2,(H,19,23)(H,20,21)/t14-/m1/s1. The van der Waals surface area contributed by atoms with Gasteiger partial charge in [-0.05, 0) is 37.2 Å². The fourth-order valence-corrected chi connectivity index (χ4v) is 5.79. The average Bonchev–Trinajstić information content (AvgIpc) is 3.27. The van der Waals surface area contributed by atoms with Crippen LogP contribution in [0.5, 0.6) is 0 Å². The van der Waals surface area contributed by atoms with Gasteiger partial charge in [-0.1, -0.05) is 0 Å². The molecule has 0 unspecified atom stereocenters. The molecule has 0 bridgehead atoms. The van der Waals surface area contributed by atoms with Gasteiger partial charge in [0.05, 0.1) is 11.9 Å². The maximum Gasteiger partial charge on any atom is 0.263 e. The van der Waals surface area contributed by atoms with Crippen molar-refractivity contribution in [3.05, 3.63) is 22.8 Å². The summed E-state index contributed by atoms with van der Waals surface area (Å²) in [6, 6.07) is 0.375. The van der Waals surface area contributed by atoms with E-state index in [4.69, 9.17) is 4.74 Å². The summed E-state index contributed by atoms with van der Waals surface area (Å²) < 4.78 is 5.56. The van der Waals surface area contributed by atoms with Crippen LogP contribution < -0.4 is 10.2 Å². The number of nitrogens with one attached hydrogen (secondary N) is 2. The van der Waals surface area contributed by atoms with Crippen LogP contribution in [0.3, 0.4) is 0 Å². The lowest BCUT2D eigenvalue weighted by Crippen LogP contribution is -2.49. The van der Waals surface area contributed by atoms with E-state index in [2.05, 4.69) is 20.4 Å². The summed E-state index contributed by atoms with van der Waals surface area (Å²) in [4.78, 5) is 17.4. The predicted octanol–water partition coefficient (Wildman–Crippen LogP) is 2.43. The first-order valence-electron chi connectivity index (χ1n) is 9.10. The number of nitrogens with zero attached hydrogens (tertiary/aromatic N) is 2. The monoisotopic (exact) mass is 358 g/mol. The highest BCUT2D eigenvalue weighted by Crippen LogP contribution is 2.47. The molecule has 3 aliphatic heterocycles. The van der Waals surface area contributed by atoms with Gasteiger partial charge >= 0.3 is 0 Å². The third-order valence-electron chi connectivity index (χ3n) is 5.74. The third-order valence-corrected chi connectivity index (χ3v) is 7.01. The number of ether oxygens (including phenoxy) is 1. The number of anilines is 1. The van der Waals surface area contributed by atoms with Crippen molar-refractivity contribution in [2.45, 2.75) is 31.7 Å².